The second-order valence-electron chi connectivity index (χ2n) is 3.98. The van der Waals surface area contributed by atoms with Crippen LogP contribution >= 0.6 is 26.6 Å². The first-order valence-electron chi connectivity index (χ1n) is 5.25. The SMILES string of the molecule is CS(=O)(=O)CCCOc1cc(F)c(S(=O)(=O)Cl)cc1Br. The maximum Gasteiger partial charge on any atom is 0.264 e. The van der Waals surface area contributed by atoms with Crippen LogP contribution in [0.5, 0.6) is 5.75 Å². The molecule has 1 rings (SSSR count). The summed E-state index contributed by atoms with van der Waals surface area (Å²) in [5.74, 6) is -1.03. The van der Waals surface area contributed by atoms with Gasteiger partial charge in [-0.1, -0.05) is 0 Å². The van der Waals surface area contributed by atoms with Gasteiger partial charge in [-0.2, -0.15) is 0 Å². The summed E-state index contributed by atoms with van der Waals surface area (Å²) in [4.78, 5) is -0.658. The Morgan fingerprint density at radius 2 is 1.90 bits per heavy atom. The zero-order valence-corrected chi connectivity index (χ0v) is 14.2. The zero-order valence-electron chi connectivity index (χ0n) is 10.3. The molecule has 1 aromatic rings. The van der Waals surface area contributed by atoms with Gasteiger partial charge < -0.3 is 4.74 Å². The fourth-order valence-electron chi connectivity index (χ4n) is 1.31. The first-order chi connectivity index (χ1) is 9.00. The number of halogens is 3. The summed E-state index contributed by atoms with van der Waals surface area (Å²) in [7, 11) is -2.20. The monoisotopic (exact) mass is 408 g/mol. The third kappa shape index (κ3) is 5.55. The fraction of sp³-hybridized carbons (Fsp3) is 0.400. The summed E-state index contributed by atoms with van der Waals surface area (Å²) in [6.45, 7) is 0.0537. The number of hydrogen-bond donors (Lipinski definition) is 0. The first kappa shape index (κ1) is 17.7. The third-order valence-corrected chi connectivity index (χ3v) is 5.15. The van der Waals surface area contributed by atoms with Crippen molar-refractivity contribution in [2.45, 2.75) is 11.3 Å². The van der Waals surface area contributed by atoms with Gasteiger partial charge >= 0.3 is 0 Å². The quantitative estimate of drug-likeness (QED) is 0.532. The fourth-order valence-corrected chi connectivity index (χ4v) is 3.47. The highest BCUT2D eigenvalue weighted by molar-refractivity contribution is 9.10. The molecule has 0 saturated carbocycles. The summed E-state index contributed by atoms with van der Waals surface area (Å²) in [6.07, 6.45) is 1.34. The Balaban J connectivity index is 2.81. The Hall–Kier alpha value is -0.380. The van der Waals surface area contributed by atoms with Crippen molar-refractivity contribution >= 4 is 45.5 Å². The maximum absolute atomic E-state index is 13.6. The third-order valence-electron chi connectivity index (χ3n) is 2.17. The van der Waals surface area contributed by atoms with Crippen LogP contribution in [-0.4, -0.2) is 35.5 Å². The molecule has 20 heavy (non-hydrogen) atoms. The molecule has 0 aliphatic rings. The standard InChI is InChI=1S/C10H11BrClFO5S2/c1-19(14,15)4-2-3-18-9-6-8(13)10(5-7(9)11)20(12,16)17/h5-6H,2-4H2,1H3. The van der Waals surface area contributed by atoms with Crippen molar-refractivity contribution in [3.05, 3.63) is 22.4 Å². The Morgan fingerprint density at radius 3 is 2.40 bits per heavy atom. The van der Waals surface area contributed by atoms with Crippen LogP contribution in [0.25, 0.3) is 0 Å². The van der Waals surface area contributed by atoms with E-state index in [4.69, 9.17) is 15.4 Å². The Bertz CT molecular complexity index is 703. The van der Waals surface area contributed by atoms with Crippen molar-refractivity contribution in [3.63, 3.8) is 0 Å². The van der Waals surface area contributed by atoms with Gasteiger partial charge in [0.25, 0.3) is 9.05 Å². The normalized spacial score (nSPS) is 12.4. The van der Waals surface area contributed by atoms with E-state index in [2.05, 4.69) is 15.9 Å². The van der Waals surface area contributed by atoms with Crippen LogP contribution in [0.4, 0.5) is 4.39 Å². The topological polar surface area (TPSA) is 77.5 Å². The number of benzene rings is 1. The van der Waals surface area contributed by atoms with Gasteiger partial charge in [-0.3, -0.25) is 0 Å². The molecule has 0 bridgehead atoms. The minimum Gasteiger partial charge on any atom is -0.492 e. The van der Waals surface area contributed by atoms with Crippen LogP contribution in [0.1, 0.15) is 6.42 Å². The summed E-state index contributed by atoms with van der Waals surface area (Å²) in [5, 5.41) is 0. The van der Waals surface area contributed by atoms with Gasteiger partial charge in [-0.15, -0.1) is 0 Å². The molecule has 0 fully saturated rings. The Kier molecular flexibility index (Phi) is 5.82. The maximum atomic E-state index is 13.6. The average Bonchev–Trinajstić information content (AvgIpc) is 2.25. The van der Waals surface area contributed by atoms with Gasteiger partial charge in [-0.05, 0) is 28.4 Å². The highest BCUT2D eigenvalue weighted by Crippen LogP contribution is 2.31. The molecule has 0 aliphatic carbocycles. The smallest absolute Gasteiger partial charge is 0.264 e. The van der Waals surface area contributed by atoms with Crippen LogP contribution in [0.15, 0.2) is 21.5 Å². The molecule has 0 heterocycles. The van der Waals surface area contributed by atoms with Crippen LogP contribution in [-0.2, 0) is 18.9 Å². The molecule has 0 radical (unpaired) electrons. The minimum absolute atomic E-state index is 0.0537. The highest BCUT2D eigenvalue weighted by Gasteiger charge is 2.19. The van der Waals surface area contributed by atoms with Crippen molar-refractivity contribution in [2.75, 3.05) is 18.6 Å². The van der Waals surface area contributed by atoms with Gasteiger partial charge in [0.1, 0.15) is 26.3 Å². The predicted octanol–water partition coefficient (Wildman–Crippen LogP) is 2.33. The molecule has 0 atom stereocenters. The van der Waals surface area contributed by atoms with Crippen LogP contribution in [0.3, 0.4) is 0 Å². The van der Waals surface area contributed by atoms with E-state index in [-0.39, 0.29) is 29.0 Å². The molecule has 0 unspecified atom stereocenters. The molecule has 0 spiro atoms. The van der Waals surface area contributed by atoms with Crippen LogP contribution in [0, 0.1) is 5.82 Å². The average molecular weight is 410 g/mol. The zero-order chi connectivity index (χ0) is 15.6. The van der Waals surface area contributed by atoms with E-state index in [9.17, 15) is 21.2 Å². The van der Waals surface area contributed by atoms with Crippen molar-refractivity contribution in [3.8, 4) is 5.75 Å². The van der Waals surface area contributed by atoms with Gasteiger partial charge in [-0.25, -0.2) is 21.2 Å². The van der Waals surface area contributed by atoms with E-state index < -0.39 is 29.6 Å². The summed E-state index contributed by atoms with van der Waals surface area (Å²) >= 11 is 3.03. The lowest BCUT2D eigenvalue weighted by Crippen LogP contribution is -2.08. The summed E-state index contributed by atoms with van der Waals surface area (Å²) in [6, 6.07) is 1.86. The lowest BCUT2D eigenvalue weighted by Gasteiger charge is -2.09. The summed E-state index contributed by atoms with van der Waals surface area (Å²) < 4.78 is 63.0. The van der Waals surface area contributed by atoms with E-state index >= 15 is 0 Å². The largest absolute Gasteiger partial charge is 0.492 e. The number of ether oxygens (including phenoxy) is 1. The van der Waals surface area contributed by atoms with Crippen LogP contribution < -0.4 is 4.74 Å². The lowest BCUT2D eigenvalue weighted by molar-refractivity contribution is 0.313. The predicted molar refractivity (Wildman–Crippen MR) is 77.0 cm³/mol. The number of rotatable bonds is 6. The second-order valence-corrected chi connectivity index (χ2v) is 9.63. The van der Waals surface area contributed by atoms with E-state index in [1.807, 2.05) is 0 Å². The van der Waals surface area contributed by atoms with Crippen molar-refractivity contribution in [2.24, 2.45) is 0 Å². The molecule has 0 saturated heterocycles. The molecule has 1 aromatic carbocycles. The molecule has 5 nitrogen and oxygen atoms in total. The molecule has 0 aromatic heterocycles. The number of sulfone groups is 1. The van der Waals surface area contributed by atoms with Crippen LogP contribution in [0.2, 0.25) is 0 Å². The Labute approximate surface area is 129 Å². The molecular formula is C10H11BrClFO5S2. The number of hydrogen-bond acceptors (Lipinski definition) is 5. The van der Waals surface area contributed by atoms with Gasteiger partial charge in [0.05, 0.1) is 16.8 Å². The van der Waals surface area contributed by atoms with E-state index in [0.29, 0.717) is 0 Å². The van der Waals surface area contributed by atoms with E-state index in [0.717, 1.165) is 18.4 Å². The molecule has 114 valence electrons. The minimum atomic E-state index is -4.18. The van der Waals surface area contributed by atoms with Gasteiger partial charge in [0, 0.05) is 23.0 Å². The second kappa shape index (κ2) is 6.59. The Morgan fingerprint density at radius 1 is 1.30 bits per heavy atom. The molecule has 0 amide bonds. The van der Waals surface area contributed by atoms with E-state index in [1.54, 1.807) is 0 Å². The first-order valence-corrected chi connectivity index (χ1v) is 10.4. The highest BCUT2D eigenvalue weighted by atomic mass is 79.9. The van der Waals surface area contributed by atoms with Crippen molar-refractivity contribution in [1.82, 2.24) is 0 Å². The van der Waals surface area contributed by atoms with E-state index in [1.165, 1.54) is 0 Å². The van der Waals surface area contributed by atoms with Crippen molar-refractivity contribution < 1.29 is 26.0 Å². The molecule has 0 N–H and O–H groups in total. The molecular weight excluding hydrogens is 399 g/mol. The summed E-state index contributed by atoms with van der Waals surface area (Å²) in [5.41, 5.74) is 0. The van der Waals surface area contributed by atoms with Crippen molar-refractivity contribution in [1.29, 1.82) is 0 Å². The van der Waals surface area contributed by atoms with Gasteiger partial charge in [0.15, 0.2) is 0 Å². The molecule has 10 heteroatoms. The van der Waals surface area contributed by atoms with Gasteiger partial charge in [0.2, 0.25) is 0 Å². The lowest BCUT2D eigenvalue weighted by atomic mass is 10.3. The molecule has 0 aliphatic heterocycles.